The predicted octanol–water partition coefficient (Wildman–Crippen LogP) is 2.28. The van der Waals surface area contributed by atoms with Crippen molar-refractivity contribution < 1.29 is 13.6 Å². The number of halogens is 2. The highest BCUT2D eigenvalue weighted by Crippen LogP contribution is 2.41. The Morgan fingerprint density at radius 3 is 2.29 bits per heavy atom. The van der Waals surface area contributed by atoms with E-state index in [0.29, 0.717) is 12.8 Å². The molecule has 128 valence electrons. The molecule has 2 aliphatic rings. The Kier molecular flexibility index (Phi) is 3.98. The van der Waals surface area contributed by atoms with Crippen LogP contribution in [0, 0.1) is 11.6 Å². The molecule has 1 spiro atoms. The van der Waals surface area contributed by atoms with Gasteiger partial charge >= 0.3 is 0 Å². The van der Waals surface area contributed by atoms with Crippen LogP contribution in [0.2, 0.25) is 0 Å². The molecule has 0 unspecified atom stereocenters. The van der Waals surface area contributed by atoms with Crippen molar-refractivity contribution in [1.29, 1.82) is 0 Å². The molecule has 0 amide bonds. The summed E-state index contributed by atoms with van der Waals surface area (Å²) < 4.78 is 29.3. The average molecular weight is 335 g/mol. The van der Waals surface area contributed by atoms with E-state index < -0.39 is 23.1 Å². The van der Waals surface area contributed by atoms with Crippen LogP contribution < -0.4 is 16.4 Å². The number of carbonyl (C=O) groups excluding carboxylic acids is 1. The number of ketones is 1. The summed E-state index contributed by atoms with van der Waals surface area (Å²) in [5, 5.41) is 0. The van der Waals surface area contributed by atoms with Gasteiger partial charge in [-0.1, -0.05) is 6.42 Å². The third-order valence-corrected chi connectivity index (χ3v) is 4.50. The molecule has 0 saturated heterocycles. The first-order chi connectivity index (χ1) is 11.3. The zero-order valence-corrected chi connectivity index (χ0v) is 13.4. The molecule has 1 saturated carbocycles. The smallest absolute Gasteiger partial charge is 0.220 e. The van der Waals surface area contributed by atoms with Gasteiger partial charge in [0, 0.05) is 5.56 Å². The van der Waals surface area contributed by atoms with Crippen LogP contribution >= 0.6 is 0 Å². The Balaban J connectivity index is 2.16. The summed E-state index contributed by atoms with van der Waals surface area (Å²) in [5.74, 6) is -2.27. The zero-order valence-electron chi connectivity index (χ0n) is 13.4. The van der Waals surface area contributed by atoms with Crippen LogP contribution in [0.1, 0.15) is 49.4 Å². The molecule has 1 aromatic carbocycles. The van der Waals surface area contributed by atoms with E-state index in [2.05, 4.69) is 9.98 Å². The molecule has 0 radical (unpaired) electrons. The second-order valence-electron chi connectivity index (χ2n) is 6.16. The van der Waals surface area contributed by atoms with Crippen LogP contribution in [-0.2, 0) is 0 Å². The van der Waals surface area contributed by atoms with Crippen molar-refractivity contribution in [3.05, 3.63) is 29.3 Å². The maximum absolute atomic E-state index is 14.6. The number of benzene rings is 1. The molecular weight excluding hydrogens is 316 g/mol. The number of hydrogen-bond acceptors (Lipinski definition) is 6. The van der Waals surface area contributed by atoms with Crippen molar-refractivity contribution in [3.63, 3.8) is 0 Å². The number of rotatable bonds is 2. The molecule has 1 aliphatic heterocycles. The van der Waals surface area contributed by atoms with E-state index in [0.717, 1.165) is 31.4 Å². The largest absolute Gasteiger partial charge is 0.369 e. The number of nitrogens with zero attached hydrogens (tertiary/aromatic N) is 3. The summed E-state index contributed by atoms with van der Waals surface area (Å²) in [6.45, 7) is 1.25. The highest BCUT2D eigenvalue weighted by atomic mass is 19.1. The zero-order chi connectivity index (χ0) is 17.5. The van der Waals surface area contributed by atoms with E-state index in [1.54, 1.807) is 0 Å². The van der Waals surface area contributed by atoms with Crippen LogP contribution in [0.3, 0.4) is 0 Å². The molecule has 1 fully saturated rings. The Labute approximate surface area is 138 Å². The van der Waals surface area contributed by atoms with Crippen LogP contribution in [0.25, 0.3) is 0 Å². The number of Topliss-reactive ketones (excluding diaryl/α,β-unsaturated/α-hetero) is 1. The first kappa shape index (κ1) is 16.4. The van der Waals surface area contributed by atoms with Gasteiger partial charge in [0.05, 0.1) is 0 Å². The molecule has 4 N–H and O–H groups in total. The summed E-state index contributed by atoms with van der Waals surface area (Å²) in [5.41, 5.74) is 10.4. The van der Waals surface area contributed by atoms with Crippen molar-refractivity contribution in [2.75, 3.05) is 4.90 Å². The lowest BCUT2D eigenvalue weighted by molar-refractivity contribution is 0.101. The van der Waals surface area contributed by atoms with E-state index in [-0.39, 0.29) is 23.2 Å². The summed E-state index contributed by atoms with van der Waals surface area (Å²) in [7, 11) is 0. The molecule has 0 bridgehead atoms. The summed E-state index contributed by atoms with van der Waals surface area (Å²) in [6, 6.07) is 2.01. The minimum atomic E-state index is -0.937. The van der Waals surface area contributed by atoms with Gasteiger partial charge in [0.15, 0.2) is 17.4 Å². The molecule has 0 atom stereocenters. The highest BCUT2D eigenvalue weighted by Gasteiger charge is 2.44. The SMILES string of the molecule is CC(=O)c1cc(F)c(N2C(N)=NC(N)=NC23CCCCC3)c(F)c1. The molecule has 0 aromatic heterocycles. The molecule has 1 aliphatic carbocycles. The summed E-state index contributed by atoms with van der Waals surface area (Å²) >= 11 is 0. The fourth-order valence-electron chi connectivity index (χ4n) is 3.43. The van der Waals surface area contributed by atoms with E-state index in [9.17, 15) is 13.6 Å². The van der Waals surface area contributed by atoms with Gasteiger partial charge in [0.25, 0.3) is 0 Å². The van der Waals surface area contributed by atoms with Gasteiger partial charge in [-0.25, -0.2) is 13.8 Å². The van der Waals surface area contributed by atoms with Crippen molar-refractivity contribution in [2.45, 2.75) is 44.7 Å². The second kappa shape index (κ2) is 5.85. The van der Waals surface area contributed by atoms with Crippen molar-refractivity contribution in [2.24, 2.45) is 21.5 Å². The molecule has 1 heterocycles. The lowest BCUT2D eigenvalue weighted by atomic mass is 9.87. The number of nitrogens with two attached hydrogens (primary N) is 2. The lowest BCUT2D eigenvalue weighted by Crippen LogP contribution is -2.58. The summed E-state index contributed by atoms with van der Waals surface area (Å²) in [6.07, 6.45) is 3.83. The predicted molar refractivity (Wildman–Crippen MR) is 87.9 cm³/mol. The van der Waals surface area contributed by atoms with Gasteiger partial charge in [0.2, 0.25) is 11.9 Å². The van der Waals surface area contributed by atoms with Gasteiger partial charge in [-0.15, -0.1) is 0 Å². The quantitative estimate of drug-likeness (QED) is 0.810. The lowest BCUT2D eigenvalue weighted by Gasteiger charge is -2.45. The minimum absolute atomic E-state index is 0.00632. The van der Waals surface area contributed by atoms with Crippen molar-refractivity contribution in [3.8, 4) is 0 Å². The van der Waals surface area contributed by atoms with Crippen LogP contribution in [0.4, 0.5) is 14.5 Å². The van der Waals surface area contributed by atoms with Gasteiger partial charge in [-0.2, -0.15) is 4.99 Å². The van der Waals surface area contributed by atoms with Crippen LogP contribution in [-0.4, -0.2) is 23.4 Å². The Morgan fingerprint density at radius 1 is 1.17 bits per heavy atom. The first-order valence-corrected chi connectivity index (χ1v) is 7.84. The third-order valence-electron chi connectivity index (χ3n) is 4.50. The normalized spacial score (nSPS) is 19.9. The second-order valence-corrected chi connectivity index (χ2v) is 6.16. The highest BCUT2D eigenvalue weighted by molar-refractivity contribution is 6.06. The maximum Gasteiger partial charge on any atom is 0.220 e. The minimum Gasteiger partial charge on any atom is -0.369 e. The van der Waals surface area contributed by atoms with Crippen molar-refractivity contribution >= 4 is 23.4 Å². The third kappa shape index (κ3) is 2.61. The maximum atomic E-state index is 14.6. The number of carbonyl (C=O) groups is 1. The van der Waals surface area contributed by atoms with Crippen molar-refractivity contribution in [1.82, 2.24) is 0 Å². The molecule has 8 heteroatoms. The van der Waals surface area contributed by atoms with Crippen LogP contribution in [0.15, 0.2) is 22.1 Å². The van der Waals surface area contributed by atoms with Gasteiger partial charge in [-0.3, -0.25) is 9.69 Å². The first-order valence-electron chi connectivity index (χ1n) is 7.84. The van der Waals surface area contributed by atoms with Gasteiger partial charge in [0.1, 0.15) is 11.4 Å². The molecular formula is C16H19F2N5O. The monoisotopic (exact) mass is 335 g/mol. The average Bonchev–Trinajstić information content (AvgIpc) is 2.49. The number of hydrogen-bond donors (Lipinski definition) is 2. The fraction of sp³-hybridized carbons (Fsp3) is 0.438. The Bertz CT molecular complexity index is 730. The molecule has 1 aromatic rings. The standard InChI is InChI=1S/C16H19F2N5O/c1-9(24)10-7-11(17)13(12(18)8-10)23-15(20)21-14(19)22-16(23)5-3-2-4-6-16/h7-8H,2-6H2,1H3,(H4,19,20,21,22). The molecule has 3 rings (SSSR count). The van der Waals surface area contributed by atoms with Crippen LogP contribution in [0.5, 0.6) is 0 Å². The van der Waals surface area contributed by atoms with E-state index in [1.165, 1.54) is 11.8 Å². The van der Waals surface area contributed by atoms with Gasteiger partial charge < -0.3 is 11.5 Å². The summed E-state index contributed by atoms with van der Waals surface area (Å²) in [4.78, 5) is 20.9. The van der Waals surface area contributed by atoms with E-state index in [4.69, 9.17) is 11.5 Å². The number of aliphatic imine (C=N–C) groups is 2. The molecule has 24 heavy (non-hydrogen) atoms. The Hall–Kier alpha value is -2.51. The van der Waals surface area contributed by atoms with Gasteiger partial charge in [-0.05, 0) is 44.7 Å². The topological polar surface area (TPSA) is 97.1 Å². The number of guanidine groups is 2. The van der Waals surface area contributed by atoms with E-state index in [1.807, 2.05) is 0 Å². The Morgan fingerprint density at radius 2 is 1.75 bits per heavy atom. The van der Waals surface area contributed by atoms with E-state index >= 15 is 0 Å². The number of anilines is 1. The molecule has 6 nitrogen and oxygen atoms in total. The fourth-order valence-corrected chi connectivity index (χ4v) is 3.43.